The van der Waals surface area contributed by atoms with E-state index >= 15 is 0 Å². The Hall–Kier alpha value is -2.10. The zero-order valence-corrected chi connectivity index (χ0v) is 9.68. The van der Waals surface area contributed by atoms with Gasteiger partial charge in [-0.15, -0.1) is 0 Å². The fourth-order valence-electron chi connectivity index (χ4n) is 1.73. The molecule has 17 heavy (non-hydrogen) atoms. The molecule has 4 nitrogen and oxygen atoms in total. The van der Waals surface area contributed by atoms with E-state index in [0.717, 1.165) is 5.39 Å². The lowest BCUT2D eigenvalue weighted by Crippen LogP contribution is -2.42. The van der Waals surface area contributed by atoms with E-state index in [1.807, 2.05) is 12.1 Å². The number of pyridine rings is 1. The van der Waals surface area contributed by atoms with Gasteiger partial charge in [0.1, 0.15) is 5.54 Å². The monoisotopic (exact) mass is 231 g/mol. The van der Waals surface area contributed by atoms with Crippen LogP contribution in [0.2, 0.25) is 0 Å². The summed E-state index contributed by atoms with van der Waals surface area (Å²) in [5.74, 6) is -1.03. The lowest BCUT2D eigenvalue weighted by Gasteiger charge is -2.22. The first-order valence-corrected chi connectivity index (χ1v) is 5.29. The first kappa shape index (κ1) is 11.4. The summed E-state index contributed by atoms with van der Waals surface area (Å²) in [6, 6.07) is 8.89. The number of hydrogen-bond donors (Lipinski definition) is 1. The standard InChI is InChI=1S/C13H13NO3/c1-13(2,12(16)17)14-8-7-9-5-3-4-6-10(9)11(14)15/h3-8H,1-2H3,(H,16,17). The molecule has 0 unspecified atom stereocenters. The fourth-order valence-corrected chi connectivity index (χ4v) is 1.73. The highest BCUT2D eigenvalue weighted by Gasteiger charge is 2.30. The molecule has 0 saturated heterocycles. The van der Waals surface area contributed by atoms with Gasteiger partial charge in [-0.1, -0.05) is 18.2 Å². The van der Waals surface area contributed by atoms with Crippen molar-refractivity contribution in [3.05, 3.63) is 46.9 Å². The molecule has 0 aliphatic carbocycles. The fraction of sp³-hybridized carbons (Fsp3) is 0.231. The van der Waals surface area contributed by atoms with E-state index in [1.54, 1.807) is 18.2 Å². The Balaban J connectivity index is 2.78. The minimum Gasteiger partial charge on any atom is -0.480 e. The van der Waals surface area contributed by atoms with Crippen molar-refractivity contribution in [2.24, 2.45) is 0 Å². The largest absolute Gasteiger partial charge is 0.480 e. The molecule has 0 bridgehead atoms. The first-order chi connectivity index (χ1) is 7.94. The van der Waals surface area contributed by atoms with E-state index in [2.05, 4.69) is 0 Å². The van der Waals surface area contributed by atoms with Gasteiger partial charge in [0.25, 0.3) is 5.56 Å². The van der Waals surface area contributed by atoms with Crippen molar-refractivity contribution in [3.63, 3.8) is 0 Å². The van der Waals surface area contributed by atoms with Gasteiger partial charge in [0.2, 0.25) is 0 Å². The van der Waals surface area contributed by atoms with E-state index in [4.69, 9.17) is 5.11 Å². The molecule has 1 heterocycles. The van der Waals surface area contributed by atoms with Gasteiger partial charge in [0.05, 0.1) is 0 Å². The van der Waals surface area contributed by atoms with Gasteiger partial charge < -0.3 is 5.11 Å². The van der Waals surface area contributed by atoms with Crippen LogP contribution in [0.5, 0.6) is 0 Å². The molecular weight excluding hydrogens is 218 g/mol. The Bertz CT molecular complexity index is 640. The number of rotatable bonds is 2. The highest BCUT2D eigenvalue weighted by atomic mass is 16.4. The summed E-state index contributed by atoms with van der Waals surface area (Å²) >= 11 is 0. The molecule has 2 rings (SSSR count). The lowest BCUT2D eigenvalue weighted by atomic mass is 10.0. The molecule has 0 saturated carbocycles. The molecule has 0 atom stereocenters. The Kier molecular flexibility index (Phi) is 2.50. The predicted octanol–water partition coefficient (Wildman–Crippen LogP) is 1.82. The summed E-state index contributed by atoms with van der Waals surface area (Å²) in [6.45, 7) is 3.01. The minimum atomic E-state index is -1.25. The van der Waals surface area contributed by atoms with Crippen LogP contribution in [0.25, 0.3) is 10.8 Å². The van der Waals surface area contributed by atoms with Crippen molar-refractivity contribution in [1.29, 1.82) is 0 Å². The summed E-state index contributed by atoms with van der Waals surface area (Å²) in [6.07, 6.45) is 1.53. The van der Waals surface area contributed by atoms with Crippen molar-refractivity contribution >= 4 is 16.7 Å². The van der Waals surface area contributed by atoms with Gasteiger partial charge in [-0.05, 0) is 31.4 Å². The summed E-state index contributed by atoms with van der Waals surface area (Å²) in [7, 11) is 0. The topological polar surface area (TPSA) is 59.3 Å². The van der Waals surface area contributed by atoms with E-state index in [0.29, 0.717) is 5.39 Å². The van der Waals surface area contributed by atoms with Crippen molar-refractivity contribution in [3.8, 4) is 0 Å². The van der Waals surface area contributed by atoms with Crippen LogP contribution in [-0.2, 0) is 10.3 Å². The van der Waals surface area contributed by atoms with Crippen LogP contribution in [0, 0.1) is 0 Å². The molecule has 0 spiro atoms. The molecule has 0 aliphatic rings. The molecule has 0 radical (unpaired) electrons. The highest BCUT2D eigenvalue weighted by Crippen LogP contribution is 2.16. The lowest BCUT2D eigenvalue weighted by molar-refractivity contribution is -0.145. The van der Waals surface area contributed by atoms with Crippen LogP contribution in [0.4, 0.5) is 0 Å². The number of carbonyl (C=O) groups is 1. The Labute approximate surface area is 98.1 Å². The van der Waals surface area contributed by atoms with Gasteiger partial charge in [0.15, 0.2) is 0 Å². The smallest absolute Gasteiger partial charge is 0.329 e. The minimum absolute atomic E-state index is 0.282. The Morgan fingerprint density at radius 1 is 1.24 bits per heavy atom. The molecule has 0 amide bonds. The van der Waals surface area contributed by atoms with Gasteiger partial charge in [-0.3, -0.25) is 9.36 Å². The normalized spacial score (nSPS) is 11.6. The van der Waals surface area contributed by atoms with Crippen molar-refractivity contribution < 1.29 is 9.90 Å². The van der Waals surface area contributed by atoms with Crippen LogP contribution < -0.4 is 5.56 Å². The zero-order valence-electron chi connectivity index (χ0n) is 9.68. The molecule has 2 aromatic rings. The summed E-state index contributed by atoms with van der Waals surface area (Å²) < 4.78 is 1.25. The zero-order chi connectivity index (χ0) is 12.6. The molecule has 0 fully saturated rings. The number of aliphatic carboxylic acids is 1. The Morgan fingerprint density at radius 2 is 1.88 bits per heavy atom. The number of nitrogens with zero attached hydrogens (tertiary/aromatic N) is 1. The average molecular weight is 231 g/mol. The molecule has 0 aliphatic heterocycles. The van der Waals surface area contributed by atoms with Crippen molar-refractivity contribution in [2.45, 2.75) is 19.4 Å². The summed E-state index contributed by atoms with van der Waals surface area (Å²) in [4.78, 5) is 23.3. The first-order valence-electron chi connectivity index (χ1n) is 5.29. The van der Waals surface area contributed by atoms with Gasteiger partial charge in [-0.25, -0.2) is 4.79 Å². The molecule has 4 heteroatoms. The van der Waals surface area contributed by atoms with Crippen LogP contribution >= 0.6 is 0 Å². The number of hydrogen-bond acceptors (Lipinski definition) is 2. The maximum Gasteiger partial charge on any atom is 0.329 e. The maximum atomic E-state index is 12.2. The second kappa shape index (κ2) is 3.73. The third-order valence-electron chi connectivity index (χ3n) is 2.94. The van der Waals surface area contributed by atoms with E-state index < -0.39 is 11.5 Å². The SMILES string of the molecule is CC(C)(C(=O)O)n1ccc2ccccc2c1=O. The number of aromatic nitrogens is 1. The van der Waals surface area contributed by atoms with Crippen LogP contribution in [0.15, 0.2) is 41.3 Å². The highest BCUT2D eigenvalue weighted by molar-refractivity contribution is 5.82. The third-order valence-corrected chi connectivity index (χ3v) is 2.94. The number of carboxylic acids is 1. The van der Waals surface area contributed by atoms with Gasteiger partial charge in [-0.2, -0.15) is 0 Å². The molecule has 88 valence electrons. The molecule has 1 aromatic heterocycles. The number of fused-ring (bicyclic) bond motifs is 1. The van der Waals surface area contributed by atoms with E-state index in [1.165, 1.54) is 24.6 Å². The number of carboxylic acid groups (broad SMARTS) is 1. The van der Waals surface area contributed by atoms with Gasteiger partial charge >= 0.3 is 5.97 Å². The average Bonchev–Trinajstić information content (AvgIpc) is 2.29. The number of benzene rings is 1. The summed E-state index contributed by atoms with van der Waals surface area (Å²) in [5, 5.41) is 10.5. The summed E-state index contributed by atoms with van der Waals surface area (Å²) in [5.41, 5.74) is -1.53. The second-order valence-electron chi connectivity index (χ2n) is 4.44. The van der Waals surface area contributed by atoms with Gasteiger partial charge in [0, 0.05) is 11.6 Å². The Morgan fingerprint density at radius 3 is 2.53 bits per heavy atom. The van der Waals surface area contributed by atoms with Crippen LogP contribution in [0.3, 0.4) is 0 Å². The quantitative estimate of drug-likeness (QED) is 0.857. The van der Waals surface area contributed by atoms with Crippen LogP contribution in [0.1, 0.15) is 13.8 Å². The molecule has 1 aromatic carbocycles. The molecular formula is C13H13NO3. The van der Waals surface area contributed by atoms with Crippen LogP contribution in [-0.4, -0.2) is 15.6 Å². The van der Waals surface area contributed by atoms with E-state index in [9.17, 15) is 9.59 Å². The van der Waals surface area contributed by atoms with Crippen molar-refractivity contribution in [1.82, 2.24) is 4.57 Å². The van der Waals surface area contributed by atoms with E-state index in [-0.39, 0.29) is 5.56 Å². The predicted molar refractivity (Wildman–Crippen MR) is 65.2 cm³/mol. The molecule has 1 N–H and O–H groups in total. The maximum absolute atomic E-state index is 12.2. The third kappa shape index (κ3) is 1.71. The van der Waals surface area contributed by atoms with Crippen molar-refractivity contribution in [2.75, 3.05) is 0 Å². The second-order valence-corrected chi connectivity index (χ2v) is 4.44.